The molecule has 0 saturated carbocycles. The maximum absolute atomic E-state index is 13.5. The van der Waals surface area contributed by atoms with Crippen molar-refractivity contribution in [3.8, 4) is 0 Å². The molecule has 2 unspecified atom stereocenters. The van der Waals surface area contributed by atoms with E-state index in [-0.39, 0.29) is 12.4 Å². The first-order chi connectivity index (χ1) is 19.2. The van der Waals surface area contributed by atoms with Crippen LogP contribution in [0, 0.1) is 0 Å². The second kappa shape index (κ2) is 15.6. The molecule has 0 aromatic heterocycles. The molecule has 0 radical (unpaired) electrons. The average molecular weight is 545 g/mol. The molecule has 2 amide bonds. The molecule has 7 heteroatoms. The van der Waals surface area contributed by atoms with E-state index in [1.165, 1.54) is 0 Å². The summed E-state index contributed by atoms with van der Waals surface area (Å²) in [4.78, 5) is 39.4. The SMILES string of the molecule is CC(C)(C)OC(=O)NC(CCc1ccccc1)C(=O)NC(CCc1ccccc1)C(=O)COCc1ccccc1. The predicted molar refractivity (Wildman–Crippen MR) is 156 cm³/mol. The third kappa shape index (κ3) is 11.4. The number of carbonyl (C=O) groups is 3. The number of amides is 2. The van der Waals surface area contributed by atoms with Crippen molar-refractivity contribution in [2.45, 2.75) is 70.7 Å². The minimum atomic E-state index is -0.882. The van der Waals surface area contributed by atoms with Gasteiger partial charge < -0.3 is 20.1 Å². The van der Waals surface area contributed by atoms with Crippen LogP contribution >= 0.6 is 0 Å². The van der Waals surface area contributed by atoms with E-state index in [0.29, 0.717) is 32.3 Å². The standard InChI is InChI=1S/C33H40N2O5/c1-33(2,3)40-32(38)35-29(22-20-26-15-9-5-10-16-26)31(37)34-28(21-19-25-13-7-4-8-14-25)30(36)24-39-23-27-17-11-6-12-18-27/h4-18,28-29H,19-24H2,1-3H3,(H,34,37)(H,35,38). The molecule has 212 valence electrons. The van der Waals surface area contributed by atoms with Gasteiger partial charge in [-0.3, -0.25) is 9.59 Å². The largest absolute Gasteiger partial charge is 0.444 e. The predicted octanol–water partition coefficient (Wildman–Crippen LogP) is 5.42. The number of hydrogen-bond donors (Lipinski definition) is 2. The zero-order chi connectivity index (χ0) is 28.8. The first-order valence-corrected chi connectivity index (χ1v) is 13.7. The first kappa shape index (κ1) is 30.6. The average Bonchev–Trinajstić information content (AvgIpc) is 2.93. The lowest BCUT2D eigenvalue weighted by atomic mass is 10.0. The highest BCUT2D eigenvalue weighted by atomic mass is 16.6. The van der Waals surface area contributed by atoms with Crippen LogP contribution in [-0.2, 0) is 38.5 Å². The third-order valence-electron chi connectivity index (χ3n) is 6.20. The van der Waals surface area contributed by atoms with Gasteiger partial charge in [0.05, 0.1) is 12.6 Å². The van der Waals surface area contributed by atoms with Gasteiger partial charge in [0.25, 0.3) is 0 Å². The van der Waals surface area contributed by atoms with Gasteiger partial charge in [0.15, 0.2) is 5.78 Å². The molecule has 0 spiro atoms. The van der Waals surface area contributed by atoms with Crippen LogP contribution in [-0.4, -0.2) is 42.1 Å². The monoisotopic (exact) mass is 544 g/mol. The smallest absolute Gasteiger partial charge is 0.408 e. The molecular weight excluding hydrogens is 504 g/mol. The van der Waals surface area contributed by atoms with E-state index < -0.39 is 29.7 Å². The van der Waals surface area contributed by atoms with Crippen molar-refractivity contribution in [3.05, 3.63) is 108 Å². The lowest BCUT2D eigenvalue weighted by Gasteiger charge is -2.25. The van der Waals surface area contributed by atoms with Gasteiger partial charge >= 0.3 is 6.09 Å². The third-order valence-corrected chi connectivity index (χ3v) is 6.20. The number of carbonyl (C=O) groups excluding carboxylic acids is 3. The van der Waals surface area contributed by atoms with Crippen molar-refractivity contribution in [3.63, 3.8) is 0 Å². The van der Waals surface area contributed by atoms with Gasteiger partial charge in [0.1, 0.15) is 18.2 Å². The van der Waals surface area contributed by atoms with Gasteiger partial charge in [-0.1, -0.05) is 91.0 Å². The van der Waals surface area contributed by atoms with Crippen LogP contribution < -0.4 is 10.6 Å². The Morgan fingerprint density at radius 3 is 1.65 bits per heavy atom. The van der Waals surface area contributed by atoms with Crippen LogP contribution in [0.4, 0.5) is 4.79 Å². The summed E-state index contributed by atoms with van der Waals surface area (Å²) in [6.45, 7) is 5.45. The van der Waals surface area contributed by atoms with Crippen molar-refractivity contribution < 1.29 is 23.9 Å². The van der Waals surface area contributed by atoms with Crippen LogP contribution in [0.15, 0.2) is 91.0 Å². The fourth-order valence-electron chi connectivity index (χ4n) is 4.16. The lowest BCUT2D eigenvalue weighted by Crippen LogP contribution is -2.53. The molecule has 3 aromatic rings. The Morgan fingerprint density at radius 1 is 0.675 bits per heavy atom. The summed E-state index contributed by atoms with van der Waals surface area (Å²) in [7, 11) is 0. The van der Waals surface area contributed by atoms with Crippen LogP contribution in [0.5, 0.6) is 0 Å². The zero-order valence-corrected chi connectivity index (χ0v) is 23.6. The molecule has 40 heavy (non-hydrogen) atoms. The summed E-state index contributed by atoms with van der Waals surface area (Å²) < 4.78 is 11.1. The fourth-order valence-corrected chi connectivity index (χ4v) is 4.16. The van der Waals surface area contributed by atoms with Gasteiger partial charge in [-0.15, -0.1) is 0 Å². The molecule has 0 aliphatic heterocycles. The molecule has 3 rings (SSSR count). The number of nitrogens with one attached hydrogen (secondary N) is 2. The molecule has 0 aliphatic carbocycles. The number of Topliss-reactive ketones (excluding diaryl/α,β-unsaturated/α-hetero) is 1. The minimum absolute atomic E-state index is 0.136. The Balaban J connectivity index is 1.69. The number of rotatable bonds is 14. The summed E-state index contributed by atoms with van der Waals surface area (Å²) in [5, 5.41) is 5.61. The highest BCUT2D eigenvalue weighted by Gasteiger charge is 2.28. The Labute approximate surface area is 237 Å². The second-order valence-electron chi connectivity index (χ2n) is 10.8. The van der Waals surface area contributed by atoms with E-state index in [1.54, 1.807) is 20.8 Å². The van der Waals surface area contributed by atoms with Gasteiger partial charge in [-0.25, -0.2) is 4.79 Å². The quantitative estimate of drug-likeness (QED) is 0.283. The molecule has 0 bridgehead atoms. The molecule has 0 heterocycles. The number of ketones is 1. The fraction of sp³-hybridized carbons (Fsp3) is 0.364. The minimum Gasteiger partial charge on any atom is -0.444 e. The number of hydrogen-bond acceptors (Lipinski definition) is 5. The molecule has 2 atom stereocenters. The molecule has 3 aromatic carbocycles. The normalized spacial score (nSPS) is 12.7. The summed E-state index contributed by atoms with van der Waals surface area (Å²) in [5.74, 6) is -0.657. The summed E-state index contributed by atoms with van der Waals surface area (Å²) in [5.41, 5.74) is 2.35. The van der Waals surface area contributed by atoms with Crippen LogP contribution in [0.25, 0.3) is 0 Å². The highest BCUT2D eigenvalue weighted by molar-refractivity contribution is 5.92. The van der Waals surface area contributed by atoms with E-state index in [1.807, 2.05) is 91.0 Å². The molecule has 2 N–H and O–H groups in total. The Hall–Kier alpha value is -3.97. The highest BCUT2D eigenvalue weighted by Crippen LogP contribution is 2.12. The van der Waals surface area contributed by atoms with Crippen LogP contribution in [0.3, 0.4) is 0 Å². The van der Waals surface area contributed by atoms with Gasteiger partial charge in [-0.2, -0.15) is 0 Å². The second-order valence-corrected chi connectivity index (χ2v) is 10.8. The Morgan fingerprint density at radius 2 is 1.15 bits per heavy atom. The van der Waals surface area contributed by atoms with Crippen molar-refractivity contribution in [1.29, 1.82) is 0 Å². The van der Waals surface area contributed by atoms with Crippen LogP contribution in [0.1, 0.15) is 50.3 Å². The molecule has 0 aliphatic rings. The van der Waals surface area contributed by atoms with Gasteiger partial charge in [0, 0.05) is 0 Å². The van der Waals surface area contributed by atoms with Gasteiger partial charge in [0.2, 0.25) is 5.91 Å². The van der Waals surface area contributed by atoms with E-state index >= 15 is 0 Å². The van der Waals surface area contributed by atoms with E-state index in [9.17, 15) is 14.4 Å². The van der Waals surface area contributed by atoms with E-state index in [2.05, 4.69) is 10.6 Å². The Kier molecular flexibility index (Phi) is 11.9. The van der Waals surface area contributed by atoms with E-state index in [4.69, 9.17) is 9.47 Å². The summed E-state index contributed by atoms with van der Waals surface area (Å²) in [6, 6.07) is 27.5. The zero-order valence-electron chi connectivity index (χ0n) is 23.6. The molecule has 0 saturated heterocycles. The number of aryl methyl sites for hydroxylation is 2. The lowest BCUT2D eigenvalue weighted by molar-refractivity contribution is -0.131. The summed E-state index contributed by atoms with van der Waals surface area (Å²) >= 11 is 0. The number of ether oxygens (including phenoxy) is 2. The van der Waals surface area contributed by atoms with E-state index in [0.717, 1.165) is 16.7 Å². The maximum atomic E-state index is 13.5. The maximum Gasteiger partial charge on any atom is 0.408 e. The Bertz CT molecular complexity index is 1190. The van der Waals surface area contributed by atoms with Crippen molar-refractivity contribution in [2.75, 3.05) is 6.61 Å². The molecular formula is C33H40N2O5. The molecule has 7 nitrogen and oxygen atoms in total. The van der Waals surface area contributed by atoms with Crippen molar-refractivity contribution in [1.82, 2.24) is 10.6 Å². The topological polar surface area (TPSA) is 93.7 Å². The number of benzene rings is 3. The summed E-state index contributed by atoms with van der Waals surface area (Å²) in [6.07, 6.45) is 1.24. The van der Waals surface area contributed by atoms with Crippen molar-refractivity contribution >= 4 is 17.8 Å². The number of alkyl carbamates (subject to hydrolysis) is 1. The van der Waals surface area contributed by atoms with Crippen LogP contribution in [0.2, 0.25) is 0 Å². The van der Waals surface area contributed by atoms with Crippen molar-refractivity contribution in [2.24, 2.45) is 0 Å². The van der Waals surface area contributed by atoms with Gasteiger partial charge in [-0.05, 0) is 63.1 Å². The first-order valence-electron chi connectivity index (χ1n) is 13.7. The molecule has 0 fully saturated rings.